The van der Waals surface area contributed by atoms with Crippen molar-refractivity contribution in [3.05, 3.63) is 71.9 Å². The number of hydrogen-bond acceptors (Lipinski definition) is 9. The Labute approximate surface area is 232 Å². The second kappa shape index (κ2) is 11.3. The molecule has 4 heterocycles. The van der Waals surface area contributed by atoms with Crippen LogP contribution in [0.5, 0.6) is 5.75 Å². The fraction of sp³-hybridized carbons (Fsp3) is 0.310. The van der Waals surface area contributed by atoms with Crippen molar-refractivity contribution in [2.45, 2.75) is 12.5 Å². The molecule has 0 saturated carbocycles. The number of rotatable bonds is 8. The lowest BCUT2D eigenvalue weighted by atomic mass is 10.0. The van der Waals surface area contributed by atoms with Gasteiger partial charge in [0.2, 0.25) is 5.95 Å². The van der Waals surface area contributed by atoms with Gasteiger partial charge in [0.05, 0.1) is 25.1 Å². The lowest BCUT2D eigenvalue weighted by Gasteiger charge is -2.34. The molecule has 1 unspecified atom stereocenters. The Balaban J connectivity index is 1.28. The van der Waals surface area contributed by atoms with Crippen LogP contribution in [0.1, 0.15) is 28.4 Å². The second-order valence-corrected chi connectivity index (χ2v) is 9.85. The van der Waals surface area contributed by atoms with Crippen LogP contribution < -0.4 is 15.1 Å². The number of aliphatic hydroxyl groups excluding tert-OH is 1. The molecule has 0 aliphatic carbocycles. The molecule has 1 amide bonds. The number of fused-ring (bicyclic) bond motifs is 1. The van der Waals surface area contributed by atoms with E-state index in [1.165, 1.54) is 0 Å². The summed E-state index contributed by atoms with van der Waals surface area (Å²) in [5.41, 5.74) is 3.00. The first-order chi connectivity index (χ1) is 19.6. The maximum Gasteiger partial charge on any atom is 0.254 e. The number of hydrazone groups is 1. The summed E-state index contributed by atoms with van der Waals surface area (Å²) < 4.78 is 5.52. The first kappa shape index (κ1) is 25.8. The van der Waals surface area contributed by atoms with E-state index in [2.05, 4.69) is 37.4 Å². The maximum absolute atomic E-state index is 13.4. The zero-order valence-electron chi connectivity index (χ0n) is 22.3. The van der Waals surface area contributed by atoms with Gasteiger partial charge in [0.1, 0.15) is 11.4 Å². The molecule has 11 nitrogen and oxygen atoms in total. The van der Waals surface area contributed by atoms with E-state index >= 15 is 0 Å². The molecule has 2 aromatic heterocycles. The van der Waals surface area contributed by atoms with Crippen molar-refractivity contribution in [3.63, 3.8) is 0 Å². The summed E-state index contributed by atoms with van der Waals surface area (Å²) in [6, 6.07) is 17.6. The predicted octanol–water partition coefficient (Wildman–Crippen LogP) is 3.40. The highest BCUT2D eigenvalue weighted by Gasteiger charge is 2.28. The zero-order chi connectivity index (χ0) is 27.5. The van der Waals surface area contributed by atoms with Gasteiger partial charge in [-0.05, 0) is 23.8 Å². The molecule has 40 heavy (non-hydrogen) atoms. The quantitative estimate of drug-likeness (QED) is 0.311. The van der Waals surface area contributed by atoms with Crippen LogP contribution in [0.2, 0.25) is 0 Å². The first-order valence-electron chi connectivity index (χ1n) is 13.4. The van der Waals surface area contributed by atoms with E-state index in [-0.39, 0.29) is 18.6 Å². The SMILES string of the molecule is COc1cc(Nc2nc(N3N=CCC3c3ccccc3)c3cc[nH]c3n2)cc(C(=O)N2CCN(CCO)CC2)c1. The van der Waals surface area contributed by atoms with Crippen LogP contribution in [0, 0.1) is 0 Å². The lowest BCUT2D eigenvalue weighted by Crippen LogP contribution is -2.49. The third kappa shape index (κ3) is 5.21. The molecule has 11 heteroatoms. The normalized spacial score (nSPS) is 17.5. The molecule has 1 fully saturated rings. The summed E-state index contributed by atoms with van der Waals surface area (Å²) in [5, 5.41) is 20.0. The number of ether oxygens (including phenoxy) is 1. The number of nitrogens with one attached hydrogen (secondary N) is 2. The number of benzene rings is 2. The van der Waals surface area contributed by atoms with E-state index in [1.54, 1.807) is 19.2 Å². The number of anilines is 3. The van der Waals surface area contributed by atoms with E-state index in [4.69, 9.17) is 9.72 Å². The lowest BCUT2D eigenvalue weighted by molar-refractivity contribution is 0.0614. The summed E-state index contributed by atoms with van der Waals surface area (Å²) in [5.74, 6) is 1.56. The van der Waals surface area contributed by atoms with Crippen LogP contribution in [-0.2, 0) is 0 Å². The van der Waals surface area contributed by atoms with E-state index < -0.39 is 0 Å². The number of methoxy groups -OCH3 is 1. The van der Waals surface area contributed by atoms with Gasteiger partial charge in [-0.15, -0.1) is 0 Å². The molecule has 0 bridgehead atoms. The van der Waals surface area contributed by atoms with Gasteiger partial charge in [0.15, 0.2) is 5.82 Å². The van der Waals surface area contributed by atoms with E-state index in [0.29, 0.717) is 54.0 Å². The van der Waals surface area contributed by atoms with Crippen molar-refractivity contribution in [3.8, 4) is 5.75 Å². The Morgan fingerprint density at radius 2 is 1.93 bits per heavy atom. The molecular weight excluding hydrogens is 508 g/mol. The van der Waals surface area contributed by atoms with Gasteiger partial charge >= 0.3 is 0 Å². The average molecular weight is 541 g/mol. The second-order valence-electron chi connectivity index (χ2n) is 9.85. The van der Waals surface area contributed by atoms with E-state index in [1.807, 2.05) is 52.7 Å². The Kier molecular flexibility index (Phi) is 7.30. The Bertz CT molecular complexity index is 1510. The number of piperazine rings is 1. The first-order valence-corrected chi connectivity index (χ1v) is 13.4. The largest absolute Gasteiger partial charge is 0.497 e. The van der Waals surface area contributed by atoms with Gasteiger partial charge < -0.3 is 25.0 Å². The number of aromatic nitrogens is 3. The van der Waals surface area contributed by atoms with Crippen LogP contribution in [0.25, 0.3) is 11.0 Å². The minimum atomic E-state index is -0.0656. The number of aliphatic hydroxyl groups is 1. The van der Waals surface area contributed by atoms with Gasteiger partial charge in [-0.2, -0.15) is 15.1 Å². The predicted molar refractivity (Wildman–Crippen MR) is 154 cm³/mol. The topological polar surface area (TPSA) is 122 Å². The van der Waals surface area contributed by atoms with Gasteiger partial charge in [0, 0.05) is 68.9 Å². The van der Waals surface area contributed by atoms with Crippen molar-refractivity contribution in [2.24, 2.45) is 5.10 Å². The van der Waals surface area contributed by atoms with Crippen LogP contribution in [0.15, 0.2) is 65.9 Å². The molecule has 0 radical (unpaired) electrons. The highest BCUT2D eigenvalue weighted by Crippen LogP contribution is 2.36. The molecular formula is C29H32N8O3. The Morgan fingerprint density at radius 3 is 2.70 bits per heavy atom. The van der Waals surface area contributed by atoms with Crippen LogP contribution in [0.4, 0.5) is 17.5 Å². The van der Waals surface area contributed by atoms with Crippen molar-refractivity contribution < 1.29 is 14.6 Å². The number of carbonyl (C=O) groups excluding carboxylic acids is 1. The minimum Gasteiger partial charge on any atom is -0.497 e. The van der Waals surface area contributed by atoms with Crippen molar-refractivity contribution in [1.82, 2.24) is 24.8 Å². The van der Waals surface area contributed by atoms with Crippen LogP contribution >= 0.6 is 0 Å². The van der Waals surface area contributed by atoms with Gasteiger partial charge in [-0.1, -0.05) is 30.3 Å². The summed E-state index contributed by atoms with van der Waals surface area (Å²) >= 11 is 0. The van der Waals surface area contributed by atoms with Gasteiger partial charge in [-0.3, -0.25) is 9.69 Å². The van der Waals surface area contributed by atoms with Crippen molar-refractivity contribution >= 4 is 40.6 Å². The monoisotopic (exact) mass is 540 g/mol. The average Bonchev–Trinajstić information content (AvgIpc) is 3.67. The summed E-state index contributed by atoms with van der Waals surface area (Å²) in [6.07, 6.45) is 4.53. The summed E-state index contributed by atoms with van der Waals surface area (Å²) in [7, 11) is 1.58. The molecule has 2 aromatic carbocycles. The minimum absolute atomic E-state index is 0.0286. The van der Waals surface area contributed by atoms with E-state index in [0.717, 1.165) is 30.5 Å². The molecule has 1 atom stereocenters. The number of hydrogen-bond donors (Lipinski definition) is 3. The molecule has 206 valence electrons. The molecule has 1 saturated heterocycles. The molecule has 2 aliphatic heterocycles. The number of amides is 1. The highest BCUT2D eigenvalue weighted by atomic mass is 16.5. The number of β-amino-alcohol motifs (C(OH)–C–C–N with tert-alkyl or cyclic N) is 1. The third-order valence-corrected chi connectivity index (χ3v) is 7.35. The highest BCUT2D eigenvalue weighted by molar-refractivity contribution is 5.96. The number of nitrogens with zero attached hydrogens (tertiary/aromatic N) is 6. The summed E-state index contributed by atoms with van der Waals surface area (Å²) in [4.78, 5) is 30.1. The van der Waals surface area contributed by atoms with Crippen LogP contribution in [0.3, 0.4) is 0 Å². The van der Waals surface area contributed by atoms with E-state index in [9.17, 15) is 9.90 Å². The standard InChI is InChI=1S/C29H32N8O3/c1-40-23-18-21(28(39)36-13-11-35(12-14-36)15-16-38)17-22(19-23)32-29-33-26-24(7-9-30-26)27(34-29)37-25(8-10-31-37)20-5-3-2-4-6-20/h2-7,9-10,17-19,25,38H,8,11-16H2,1H3,(H2,30,32,33,34). The zero-order valence-corrected chi connectivity index (χ0v) is 22.3. The fourth-order valence-corrected chi connectivity index (χ4v) is 5.27. The van der Waals surface area contributed by atoms with Crippen LogP contribution in [-0.4, -0.2) is 88.4 Å². The number of aromatic amines is 1. The maximum atomic E-state index is 13.4. The van der Waals surface area contributed by atoms with Crippen molar-refractivity contribution in [2.75, 3.05) is 56.8 Å². The Hall–Kier alpha value is -4.48. The molecule has 4 aromatic rings. The Morgan fingerprint density at radius 1 is 1.10 bits per heavy atom. The van der Waals surface area contributed by atoms with Gasteiger partial charge in [0.25, 0.3) is 5.91 Å². The number of H-pyrrole nitrogens is 1. The molecule has 0 spiro atoms. The fourth-order valence-electron chi connectivity index (χ4n) is 5.27. The smallest absolute Gasteiger partial charge is 0.254 e. The molecule has 2 aliphatic rings. The third-order valence-electron chi connectivity index (χ3n) is 7.35. The number of carbonyl (C=O) groups is 1. The molecule has 3 N–H and O–H groups in total. The summed E-state index contributed by atoms with van der Waals surface area (Å²) in [6.45, 7) is 3.42. The van der Waals surface area contributed by atoms with Crippen molar-refractivity contribution in [1.29, 1.82) is 0 Å². The molecule has 6 rings (SSSR count). The van der Waals surface area contributed by atoms with Gasteiger partial charge in [-0.25, -0.2) is 5.01 Å².